The Morgan fingerprint density at radius 3 is 2.71 bits per heavy atom. The Bertz CT molecular complexity index is 256. The van der Waals surface area contributed by atoms with Crippen LogP contribution in [0.1, 0.15) is 40.0 Å². The molecule has 4 heteroatoms. The molecule has 100 valence electrons. The van der Waals surface area contributed by atoms with E-state index < -0.39 is 0 Å². The van der Waals surface area contributed by atoms with E-state index in [1.807, 2.05) is 0 Å². The van der Waals surface area contributed by atoms with Gasteiger partial charge in [-0.15, -0.1) is 0 Å². The van der Waals surface area contributed by atoms with E-state index in [2.05, 4.69) is 31.0 Å². The second kappa shape index (κ2) is 6.36. The fraction of sp³-hybridized carbons (Fsp3) is 0.923. The van der Waals surface area contributed by atoms with Gasteiger partial charge in [0.25, 0.3) is 0 Å². The fourth-order valence-electron chi connectivity index (χ4n) is 2.43. The van der Waals surface area contributed by atoms with Crippen LogP contribution in [-0.4, -0.2) is 49.2 Å². The van der Waals surface area contributed by atoms with Gasteiger partial charge in [-0.3, -0.25) is 9.69 Å². The van der Waals surface area contributed by atoms with Crippen molar-refractivity contribution in [2.75, 3.05) is 26.7 Å². The topological polar surface area (TPSA) is 41.6 Å². The predicted octanol–water partition coefficient (Wildman–Crippen LogP) is 1.40. The normalized spacial score (nSPS) is 25.5. The summed E-state index contributed by atoms with van der Waals surface area (Å²) < 4.78 is 4.82. The molecule has 4 nitrogen and oxygen atoms in total. The smallest absolute Gasteiger partial charge is 0.307 e. The van der Waals surface area contributed by atoms with Crippen molar-refractivity contribution in [1.29, 1.82) is 0 Å². The molecule has 0 saturated carbocycles. The van der Waals surface area contributed by atoms with Crippen molar-refractivity contribution < 1.29 is 9.53 Å². The average molecular weight is 242 g/mol. The van der Waals surface area contributed by atoms with Crippen molar-refractivity contribution in [3.8, 4) is 0 Å². The number of nitrogens with zero attached hydrogens (tertiary/aromatic N) is 1. The summed E-state index contributed by atoms with van der Waals surface area (Å²) in [6, 6.07) is 0.540. The minimum atomic E-state index is -0.112. The van der Waals surface area contributed by atoms with Crippen molar-refractivity contribution in [3.63, 3.8) is 0 Å². The Hall–Kier alpha value is -0.610. The monoisotopic (exact) mass is 242 g/mol. The summed E-state index contributed by atoms with van der Waals surface area (Å²) in [6.45, 7) is 9.52. The maximum absolute atomic E-state index is 11.5. The molecule has 0 aromatic heterocycles. The Morgan fingerprint density at radius 2 is 2.24 bits per heavy atom. The molecule has 1 atom stereocenters. The minimum Gasteiger partial charge on any atom is -0.469 e. The third-order valence-corrected chi connectivity index (χ3v) is 3.57. The SMILES string of the molecule is CCCNC1(CC(=O)OC)CCN(C(C)C)C1. The number of nitrogens with one attached hydrogen (secondary N) is 1. The number of rotatable bonds is 6. The molecule has 1 unspecified atom stereocenters. The quantitative estimate of drug-likeness (QED) is 0.715. The van der Waals surface area contributed by atoms with Gasteiger partial charge in [-0.2, -0.15) is 0 Å². The van der Waals surface area contributed by atoms with E-state index in [9.17, 15) is 4.79 Å². The van der Waals surface area contributed by atoms with Crippen LogP contribution in [0.25, 0.3) is 0 Å². The van der Waals surface area contributed by atoms with E-state index in [0.717, 1.165) is 32.5 Å². The molecule has 17 heavy (non-hydrogen) atoms. The molecular formula is C13H26N2O2. The van der Waals surface area contributed by atoms with Gasteiger partial charge in [0.15, 0.2) is 0 Å². The molecule has 0 radical (unpaired) electrons. The van der Waals surface area contributed by atoms with Gasteiger partial charge in [0.2, 0.25) is 0 Å². The fourth-order valence-corrected chi connectivity index (χ4v) is 2.43. The maximum atomic E-state index is 11.5. The molecule has 0 amide bonds. The lowest BCUT2D eigenvalue weighted by Gasteiger charge is -2.31. The van der Waals surface area contributed by atoms with Crippen LogP contribution in [0.2, 0.25) is 0 Å². The van der Waals surface area contributed by atoms with Crippen molar-refractivity contribution in [1.82, 2.24) is 10.2 Å². The zero-order valence-corrected chi connectivity index (χ0v) is 11.6. The van der Waals surface area contributed by atoms with Gasteiger partial charge in [0.1, 0.15) is 0 Å². The molecular weight excluding hydrogens is 216 g/mol. The van der Waals surface area contributed by atoms with Gasteiger partial charge in [-0.1, -0.05) is 6.92 Å². The Kier molecular flexibility index (Phi) is 5.40. The lowest BCUT2D eigenvalue weighted by Crippen LogP contribution is -2.50. The van der Waals surface area contributed by atoms with Crippen LogP contribution < -0.4 is 5.32 Å². The molecule has 1 fully saturated rings. The molecule has 1 heterocycles. The van der Waals surface area contributed by atoms with Crippen molar-refractivity contribution >= 4 is 5.97 Å². The second-order valence-corrected chi connectivity index (χ2v) is 5.27. The van der Waals surface area contributed by atoms with Crippen LogP contribution in [0.3, 0.4) is 0 Å². The summed E-state index contributed by atoms with van der Waals surface area (Å²) in [7, 11) is 1.46. The largest absolute Gasteiger partial charge is 0.469 e. The number of carbonyl (C=O) groups is 1. The second-order valence-electron chi connectivity index (χ2n) is 5.27. The number of carbonyl (C=O) groups excluding carboxylic acids is 1. The van der Waals surface area contributed by atoms with Crippen LogP contribution in [0, 0.1) is 0 Å². The first-order chi connectivity index (χ1) is 8.03. The summed E-state index contributed by atoms with van der Waals surface area (Å²) in [4.78, 5) is 14.0. The zero-order valence-electron chi connectivity index (χ0n) is 11.6. The summed E-state index contributed by atoms with van der Waals surface area (Å²) in [5, 5.41) is 3.55. The van der Waals surface area contributed by atoms with Crippen molar-refractivity contribution in [3.05, 3.63) is 0 Å². The number of likely N-dealkylation sites (tertiary alicyclic amines) is 1. The molecule has 1 aliphatic rings. The van der Waals surface area contributed by atoms with E-state index in [4.69, 9.17) is 4.74 Å². The molecule has 0 spiro atoms. The average Bonchev–Trinajstić information content (AvgIpc) is 2.71. The number of methoxy groups -OCH3 is 1. The molecule has 0 aromatic rings. The van der Waals surface area contributed by atoms with Gasteiger partial charge in [-0.25, -0.2) is 0 Å². The lowest BCUT2D eigenvalue weighted by molar-refractivity contribution is -0.142. The first kappa shape index (κ1) is 14.5. The zero-order chi connectivity index (χ0) is 12.9. The predicted molar refractivity (Wildman–Crippen MR) is 69.0 cm³/mol. The Labute approximate surface area is 105 Å². The first-order valence-corrected chi connectivity index (χ1v) is 6.59. The van der Waals surface area contributed by atoms with E-state index >= 15 is 0 Å². The van der Waals surface area contributed by atoms with Crippen molar-refractivity contribution in [2.45, 2.75) is 51.6 Å². The van der Waals surface area contributed by atoms with Crippen LogP contribution in [0.15, 0.2) is 0 Å². The highest BCUT2D eigenvalue weighted by Gasteiger charge is 2.40. The highest BCUT2D eigenvalue weighted by atomic mass is 16.5. The third kappa shape index (κ3) is 3.96. The minimum absolute atomic E-state index is 0.0760. The standard InChI is InChI=1S/C13H26N2O2/c1-5-7-14-13(9-12(16)17-4)6-8-15(10-13)11(2)3/h11,14H,5-10H2,1-4H3. The first-order valence-electron chi connectivity index (χ1n) is 6.59. The van der Waals surface area contributed by atoms with E-state index in [0.29, 0.717) is 12.5 Å². The summed E-state index contributed by atoms with van der Waals surface area (Å²) >= 11 is 0. The summed E-state index contributed by atoms with van der Waals surface area (Å²) in [5.74, 6) is -0.112. The van der Waals surface area contributed by atoms with E-state index in [-0.39, 0.29) is 11.5 Å². The number of esters is 1. The lowest BCUT2D eigenvalue weighted by atomic mass is 9.94. The van der Waals surface area contributed by atoms with Gasteiger partial charge in [-0.05, 0) is 33.2 Å². The maximum Gasteiger partial charge on any atom is 0.307 e. The molecule has 0 aliphatic carbocycles. The van der Waals surface area contributed by atoms with Crippen LogP contribution in [-0.2, 0) is 9.53 Å². The van der Waals surface area contributed by atoms with E-state index in [1.165, 1.54) is 7.11 Å². The van der Waals surface area contributed by atoms with Crippen LogP contribution >= 0.6 is 0 Å². The summed E-state index contributed by atoms with van der Waals surface area (Å²) in [6.07, 6.45) is 2.59. The Morgan fingerprint density at radius 1 is 1.53 bits per heavy atom. The van der Waals surface area contributed by atoms with Gasteiger partial charge < -0.3 is 10.1 Å². The highest BCUT2D eigenvalue weighted by molar-refractivity contribution is 5.70. The number of hydrogen-bond acceptors (Lipinski definition) is 4. The van der Waals surface area contributed by atoms with Crippen LogP contribution in [0.5, 0.6) is 0 Å². The summed E-state index contributed by atoms with van der Waals surface area (Å²) in [5.41, 5.74) is -0.0760. The van der Waals surface area contributed by atoms with Gasteiger partial charge in [0, 0.05) is 24.7 Å². The molecule has 0 bridgehead atoms. The molecule has 1 aliphatic heterocycles. The highest BCUT2D eigenvalue weighted by Crippen LogP contribution is 2.26. The number of hydrogen-bond donors (Lipinski definition) is 1. The van der Waals surface area contributed by atoms with Gasteiger partial charge >= 0.3 is 5.97 Å². The number of ether oxygens (including phenoxy) is 1. The molecule has 1 rings (SSSR count). The van der Waals surface area contributed by atoms with Gasteiger partial charge in [0.05, 0.1) is 13.5 Å². The van der Waals surface area contributed by atoms with E-state index in [1.54, 1.807) is 0 Å². The third-order valence-electron chi connectivity index (χ3n) is 3.57. The van der Waals surface area contributed by atoms with Crippen LogP contribution in [0.4, 0.5) is 0 Å². The Balaban J connectivity index is 2.64. The molecule has 1 N–H and O–H groups in total. The van der Waals surface area contributed by atoms with Crippen molar-refractivity contribution in [2.24, 2.45) is 0 Å². The molecule has 0 aromatic carbocycles. The molecule has 1 saturated heterocycles.